The Morgan fingerprint density at radius 3 is 2.70 bits per heavy atom. The largest absolute Gasteiger partial charge is 0.507 e. The zero-order chi connectivity index (χ0) is 14.3. The van der Waals surface area contributed by atoms with Gasteiger partial charge in [-0.05, 0) is 18.6 Å². The zero-order valence-electron chi connectivity index (χ0n) is 10.5. The normalized spacial score (nSPS) is 24.9. The van der Waals surface area contributed by atoms with E-state index in [4.69, 9.17) is 0 Å². The lowest BCUT2D eigenvalue weighted by Gasteiger charge is -2.21. The second-order valence-corrected chi connectivity index (χ2v) is 4.98. The monoisotopic (exact) mass is 275 g/mol. The maximum Gasteiger partial charge on any atom is 0.322 e. The molecule has 0 bridgehead atoms. The SMILES string of the molecule is O=C1NC(=O)C2(CCN(C(=O)c3ccccc3O)C2)N1. The second kappa shape index (κ2) is 4.22. The van der Waals surface area contributed by atoms with Crippen LogP contribution < -0.4 is 10.6 Å². The number of carbonyl (C=O) groups excluding carboxylic acids is 3. The minimum atomic E-state index is -1.03. The Hall–Kier alpha value is -2.57. The molecule has 2 aliphatic heterocycles. The molecule has 3 rings (SSSR count). The molecule has 7 nitrogen and oxygen atoms in total. The predicted molar refractivity (Wildman–Crippen MR) is 68.0 cm³/mol. The number of hydrogen-bond acceptors (Lipinski definition) is 4. The lowest BCUT2D eigenvalue weighted by molar-refractivity contribution is -0.123. The number of para-hydroxylation sites is 1. The van der Waals surface area contributed by atoms with Crippen LogP contribution in [0.1, 0.15) is 16.8 Å². The van der Waals surface area contributed by atoms with Crippen LogP contribution in [0.15, 0.2) is 24.3 Å². The summed E-state index contributed by atoms with van der Waals surface area (Å²) >= 11 is 0. The first-order valence-corrected chi connectivity index (χ1v) is 6.23. The highest BCUT2D eigenvalue weighted by Gasteiger charge is 2.51. The first kappa shape index (κ1) is 12.5. The van der Waals surface area contributed by atoms with E-state index in [-0.39, 0.29) is 23.8 Å². The van der Waals surface area contributed by atoms with Crippen LogP contribution in [0.4, 0.5) is 4.79 Å². The Labute approximate surface area is 114 Å². The third-order valence-corrected chi connectivity index (χ3v) is 3.71. The molecule has 2 fully saturated rings. The fourth-order valence-electron chi connectivity index (χ4n) is 2.62. The van der Waals surface area contributed by atoms with Gasteiger partial charge in [-0.25, -0.2) is 4.79 Å². The van der Waals surface area contributed by atoms with E-state index < -0.39 is 17.5 Å². The molecular weight excluding hydrogens is 262 g/mol. The van der Waals surface area contributed by atoms with Crippen LogP contribution >= 0.6 is 0 Å². The average Bonchev–Trinajstić information content (AvgIpc) is 2.95. The van der Waals surface area contributed by atoms with Gasteiger partial charge in [-0.3, -0.25) is 14.9 Å². The smallest absolute Gasteiger partial charge is 0.322 e. The van der Waals surface area contributed by atoms with Crippen molar-refractivity contribution in [3.05, 3.63) is 29.8 Å². The van der Waals surface area contributed by atoms with Gasteiger partial charge >= 0.3 is 6.03 Å². The molecular formula is C13H13N3O4. The Balaban J connectivity index is 1.81. The Morgan fingerprint density at radius 1 is 1.30 bits per heavy atom. The van der Waals surface area contributed by atoms with Gasteiger partial charge in [0, 0.05) is 6.54 Å². The van der Waals surface area contributed by atoms with E-state index in [0.29, 0.717) is 13.0 Å². The number of phenolic OH excluding ortho intramolecular Hbond substituents is 1. The highest BCUT2D eigenvalue weighted by atomic mass is 16.3. The van der Waals surface area contributed by atoms with Crippen LogP contribution in [-0.4, -0.2) is 46.5 Å². The molecule has 7 heteroatoms. The minimum Gasteiger partial charge on any atom is -0.507 e. The van der Waals surface area contributed by atoms with Crippen LogP contribution in [0.5, 0.6) is 5.75 Å². The number of carbonyl (C=O) groups is 3. The van der Waals surface area contributed by atoms with Crippen molar-refractivity contribution in [3.8, 4) is 5.75 Å². The summed E-state index contributed by atoms with van der Waals surface area (Å²) in [5.74, 6) is -0.859. The molecule has 0 radical (unpaired) electrons. The molecule has 2 saturated heterocycles. The van der Waals surface area contributed by atoms with Crippen LogP contribution in [0, 0.1) is 0 Å². The molecule has 20 heavy (non-hydrogen) atoms. The Morgan fingerprint density at radius 2 is 2.05 bits per heavy atom. The predicted octanol–water partition coefficient (Wildman–Crippen LogP) is -0.184. The van der Waals surface area contributed by atoms with Crippen LogP contribution in [0.25, 0.3) is 0 Å². The molecule has 0 aromatic heterocycles. The summed E-state index contributed by atoms with van der Waals surface area (Å²) in [6.45, 7) is 0.457. The molecule has 1 aromatic rings. The molecule has 4 amide bonds. The summed E-state index contributed by atoms with van der Waals surface area (Å²) in [5.41, 5.74) is -0.841. The number of likely N-dealkylation sites (tertiary alicyclic amines) is 1. The van der Waals surface area contributed by atoms with Crippen LogP contribution in [0.3, 0.4) is 0 Å². The molecule has 104 valence electrons. The van der Waals surface area contributed by atoms with E-state index in [9.17, 15) is 19.5 Å². The summed E-state index contributed by atoms with van der Waals surface area (Å²) in [5, 5.41) is 14.5. The van der Waals surface area contributed by atoms with Gasteiger partial charge in [0.25, 0.3) is 11.8 Å². The molecule has 0 aliphatic carbocycles. The van der Waals surface area contributed by atoms with E-state index in [1.807, 2.05) is 0 Å². The lowest BCUT2D eigenvalue weighted by Crippen LogP contribution is -2.49. The molecule has 1 aromatic carbocycles. The lowest BCUT2D eigenvalue weighted by atomic mass is 9.99. The van der Waals surface area contributed by atoms with E-state index >= 15 is 0 Å². The first-order valence-electron chi connectivity index (χ1n) is 6.23. The van der Waals surface area contributed by atoms with Crippen molar-refractivity contribution < 1.29 is 19.5 Å². The summed E-state index contributed by atoms with van der Waals surface area (Å²) in [4.78, 5) is 36.8. The number of urea groups is 1. The summed E-state index contributed by atoms with van der Waals surface area (Å²) < 4.78 is 0. The highest BCUT2D eigenvalue weighted by Crippen LogP contribution is 2.27. The molecule has 1 unspecified atom stereocenters. The highest BCUT2D eigenvalue weighted by molar-refractivity contribution is 6.08. The number of benzene rings is 1. The molecule has 2 heterocycles. The number of hydrogen-bond donors (Lipinski definition) is 3. The van der Waals surface area contributed by atoms with E-state index in [2.05, 4.69) is 10.6 Å². The third-order valence-electron chi connectivity index (χ3n) is 3.71. The zero-order valence-corrected chi connectivity index (χ0v) is 10.5. The number of amides is 4. The average molecular weight is 275 g/mol. The van der Waals surface area contributed by atoms with Gasteiger partial charge in [0.05, 0.1) is 12.1 Å². The number of imide groups is 1. The van der Waals surface area contributed by atoms with Crippen molar-refractivity contribution in [1.29, 1.82) is 0 Å². The molecule has 0 saturated carbocycles. The van der Waals surface area contributed by atoms with Gasteiger partial charge in [0.15, 0.2) is 0 Å². The number of rotatable bonds is 1. The second-order valence-electron chi connectivity index (χ2n) is 4.98. The summed E-state index contributed by atoms with van der Waals surface area (Å²) in [7, 11) is 0. The van der Waals surface area contributed by atoms with Crippen LogP contribution in [0.2, 0.25) is 0 Å². The third kappa shape index (κ3) is 1.78. The molecule has 1 atom stereocenters. The molecule has 1 spiro atoms. The van der Waals surface area contributed by atoms with Crippen molar-refractivity contribution in [3.63, 3.8) is 0 Å². The van der Waals surface area contributed by atoms with Crippen molar-refractivity contribution >= 4 is 17.8 Å². The van der Waals surface area contributed by atoms with Gasteiger partial charge in [0.1, 0.15) is 11.3 Å². The Kier molecular flexibility index (Phi) is 2.63. The van der Waals surface area contributed by atoms with E-state index in [1.165, 1.54) is 17.0 Å². The van der Waals surface area contributed by atoms with Crippen molar-refractivity contribution in [2.45, 2.75) is 12.0 Å². The minimum absolute atomic E-state index is 0.0987. The maximum atomic E-state index is 12.3. The summed E-state index contributed by atoms with van der Waals surface area (Å²) in [6, 6.07) is 5.70. The van der Waals surface area contributed by atoms with Crippen molar-refractivity contribution in [1.82, 2.24) is 15.5 Å². The van der Waals surface area contributed by atoms with Crippen molar-refractivity contribution in [2.24, 2.45) is 0 Å². The van der Waals surface area contributed by atoms with Gasteiger partial charge in [-0.1, -0.05) is 12.1 Å². The number of nitrogens with zero attached hydrogens (tertiary/aromatic N) is 1. The number of nitrogens with one attached hydrogen (secondary N) is 2. The topological polar surface area (TPSA) is 98.7 Å². The van der Waals surface area contributed by atoms with Gasteiger partial charge in [-0.15, -0.1) is 0 Å². The number of phenols is 1. The number of aromatic hydroxyl groups is 1. The quantitative estimate of drug-likeness (QED) is 0.619. The van der Waals surface area contributed by atoms with Crippen LogP contribution in [-0.2, 0) is 4.79 Å². The van der Waals surface area contributed by atoms with E-state index in [0.717, 1.165) is 0 Å². The van der Waals surface area contributed by atoms with Crippen molar-refractivity contribution in [2.75, 3.05) is 13.1 Å². The van der Waals surface area contributed by atoms with Gasteiger partial charge < -0.3 is 15.3 Å². The maximum absolute atomic E-state index is 12.3. The molecule has 3 N–H and O–H groups in total. The molecule has 2 aliphatic rings. The fourth-order valence-corrected chi connectivity index (χ4v) is 2.62. The summed E-state index contributed by atoms with van der Waals surface area (Å²) in [6.07, 6.45) is 0.365. The Bertz CT molecular complexity index is 615. The fraction of sp³-hybridized carbons (Fsp3) is 0.308. The van der Waals surface area contributed by atoms with E-state index in [1.54, 1.807) is 12.1 Å². The first-order chi connectivity index (χ1) is 9.52. The van der Waals surface area contributed by atoms with Gasteiger partial charge in [0.2, 0.25) is 0 Å². The standard InChI is InChI=1S/C13H13N3O4/c17-9-4-2-1-3-8(9)10(18)16-6-5-13(7-16)11(19)14-12(20)15-13/h1-4,17H,5-7H2,(H2,14,15,19,20). The van der Waals surface area contributed by atoms with Gasteiger partial charge in [-0.2, -0.15) is 0 Å².